The van der Waals surface area contributed by atoms with E-state index in [-0.39, 0.29) is 42.0 Å². The number of carbonyl (C=O) groups excluding carboxylic acids is 1. The number of nitrogens with zero attached hydrogens (tertiary/aromatic N) is 3. The lowest BCUT2D eigenvalue weighted by atomic mass is 9.89. The largest absolute Gasteiger partial charge is 0.494 e. The van der Waals surface area contributed by atoms with Gasteiger partial charge in [-0.15, -0.1) is 0 Å². The predicted molar refractivity (Wildman–Crippen MR) is 143 cm³/mol. The van der Waals surface area contributed by atoms with Gasteiger partial charge in [-0.25, -0.2) is 0 Å². The van der Waals surface area contributed by atoms with Crippen LogP contribution >= 0.6 is 0 Å². The van der Waals surface area contributed by atoms with Gasteiger partial charge in [0.25, 0.3) is 0 Å². The van der Waals surface area contributed by atoms with Crippen LogP contribution in [0, 0.1) is 12.8 Å². The minimum atomic E-state index is -0.436. The average molecular weight is 506 g/mol. The molecule has 0 amide bonds. The number of para-hydroxylation sites is 1. The lowest BCUT2D eigenvalue weighted by Gasteiger charge is -2.38. The van der Waals surface area contributed by atoms with Crippen LogP contribution in [-0.2, 0) is 16.1 Å². The van der Waals surface area contributed by atoms with Gasteiger partial charge in [-0.3, -0.25) is 14.3 Å². The Labute approximate surface area is 219 Å². The van der Waals surface area contributed by atoms with Gasteiger partial charge >= 0.3 is 5.97 Å². The molecule has 198 valence electrons. The second-order valence-electron chi connectivity index (χ2n) is 11.4. The number of aromatic hydroxyl groups is 2. The van der Waals surface area contributed by atoms with Gasteiger partial charge in [-0.1, -0.05) is 49.6 Å². The van der Waals surface area contributed by atoms with E-state index in [1.165, 1.54) is 17.7 Å². The monoisotopic (exact) mass is 505 g/mol. The van der Waals surface area contributed by atoms with Gasteiger partial charge in [0.15, 0.2) is 11.8 Å². The van der Waals surface area contributed by atoms with Crippen LogP contribution in [0.15, 0.2) is 36.4 Å². The first kappa shape index (κ1) is 24.4. The first-order valence-corrected chi connectivity index (χ1v) is 14.1. The highest BCUT2D eigenvalue weighted by atomic mass is 16.5. The van der Waals surface area contributed by atoms with Crippen molar-refractivity contribution < 1.29 is 19.7 Å². The summed E-state index contributed by atoms with van der Waals surface area (Å²) in [4.78, 5) is 17.9. The first-order chi connectivity index (χ1) is 18.0. The van der Waals surface area contributed by atoms with Crippen molar-refractivity contribution in [3.8, 4) is 11.8 Å². The SMILES string of the molecule is Cc1ccccc1N1CCN(CC(Cn2c(O)c3c(c2O)C2C=CC3C2)OC(=O)C2CCCCC2)CC1. The quantitative estimate of drug-likeness (QED) is 0.421. The molecule has 7 heteroatoms. The summed E-state index contributed by atoms with van der Waals surface area (Å²) in [5.74, 6) is 0.449. The van der Waals surface area contributed by atoms with Gasteiger partial charge in [0, 0.05) is 61.4 Å². The number of benzene rings is 1. The molecule has 3 unspecified atom stereocenters. The van der Waals surface area contributed by atoms with Crippen molar-refractivity contribution in [2.75, 3.05) is 37.6 Å². The van der Waals surface area contributed by atoms with E-state index in [2.05, 4.69) is 53.1 Å². The van der Waals surface area contributed by atoms with E-state index in [9.17, 15) is 15.0 Å². The molecule has 3 aliphatic carbocycles. The van der Waals surface area contributed by atoms with Gasteiger partial charge in [-0.2, -0.15) is 0 Å². The van der Waals surface area contributed by atoms with Crippen LogP contribution in [0.25, 0.3) is 0 Å². The third kappa shape index (κ3) is 4.63. The number of piperazine rings is 1. The number of rotatable bonds is 7. The van der Waals surface area contributed by atoms with Crippen LogP contribution in [0.3, 0.4) is 0 Å². The number of ether oxygens (including phenoxy) is 1. The van der Waals surface area contributed by atoms with Crippen molar-refractivity contribution in [2.24, 2.45) is 5.92 Å². The fourth-order valence-corrected chi connectivity index (χ4v) is 6.98. The minimum Gasteiger partial charge on any atom is -0.494 e. The van der Waals surface area contributed by atoms with Crippen molar-refractivity contribution >= 4 is 11.7 Å². The summed E-state index contributed by atoms with van der Waals surface area (Å²) in [6, 6.07) is 8.49. The summed E-state index contributed by atoms with van der Waals surface area (Å²) in [5, 5.41) is 22.2. The number of fused-ring (bicyclic) bond motifs is 5. The fraction of sp³-hybridized carbons (Fsp3) is 0.567. The maximum absolute atomic E-state index is 13.1. The highest BCUT2D eigenvalue weighted by Crippen LogP contribution is 2.56. The smallest absolute Gasteiger partial charge is 0.309 e. The molecule has 1 aromatic carbocycles. The third-order valence-corrected chi connectivity index (χ3v) is 9.01. The molecule has 2 aromatic rings. The molecule has 6 rings (SSSR count). The maximum atomic E-state index is 13.1. The van der Waals surface area contributed by atoms with Crippen molar-refractivity contribution in [1.29, 1.82) is 0 Å². The molecule has 2 fully saturated rings. The fourth-order valence-electron chi connectivity index (χ4n) is 6.98. The van der Waals surface area contributed by atoms with Crippen LogP contribution in [0.2, 0.25) is 0 Å². The van der Waals surface area contributed by atoms with E-state index in [0.717, 1.165) is 69.4 Å². The summed E-state index contributed by atoms with van der Waals surface area (Å²) < 4.78 is 7.74. The van der Waals surface area contributed by atoms with E-state index >= 15 is 0 Å². The number of hydrogen-bond donors (Lipinski definition) is 2. The molecule has 4 aliphatic rings. The van der Waals surface area contributed by atoms with E-state index < -0.39 is 6.10 Å². The molecule has 1 saturated carbocycles. The Kier molecular flexibility index (Phi) is 6.65. The second-order valence-corrected chi connectivity index (χ2v) is 11.4. The number of hydrogen-bond acceptors (Lipinski definition) is 6. The number of carbonyl (C=O) groups is 1. The van der Waals surface area contributed by atoms with Gasteiger partial charge < -0.3 is 19.8 Å². The zero-order valence-electron chi connectivity index (χ0n) is 21.8. The molecule has 3 atom stereocenters. The molecule has 1 aliphatic heterocycles. The highest BCUT2D eigenvalue weighted by molar-refractivity contribution is 5.72. The van der Waals surface area contributed by atoms with Gasteiger partial charge in [0.05, 0.1) is 12.5 Å². The molecule has 2 bridgehead atoms. The van der Waals surface area contributed by atoms with Crippen molar-refractivity contribution in [3.63, 3.8) is 0 Å². The molecular weight excluding hydrogens is 466 g/mol. The lowest BCUT2D eigenvalue weighted by molar-refractivity contribution is -0.157. The summed E-state index contributed by atoms with van der Waals surface area (Å²) in [6.07, 6.45) is 9.88. The lowest BCUT2D eigenvalue weighted by Crippen LogP contribution is -2.50. The Morgan fingerprint density at radius 3 is 2.24 bits per heavy atom. The first-order valence-electron chi connectivity index (χ1n) is 14.1. The molecule has 2 heterocycles. The van der Waals surface area contributed by atoms with E-state index in [4.69, 9.17) is 4.74 Å². The number of anilines is 1. The van der Waals surface area contributed by atoms with Gasteiger partial charge in [0.1, 0.15) is 6.10 Å². The summed E-state index contributed by atoms with van der Waals surface area (Å²) >= 11 is 0. The normalized spacial score (nSPS) is 24.4. The van der Waals surface area contributed by atoms with E-state index in [1.807, 2.05) is 0 Å². The predicted octanol–water partition coefficient (Wildman–Crippen LogP) is 4.66. The number of aromatic nitrogens is 1. The number of esters is 1. The maximum Gasteiger partial charge on any atom is 0.309 e. The molecule has 0 spiro atoms. The second kappa shape index (κ2) is 10.1. The Hall–Kier alpha value is -2.93. The standard InChI is InChI=1S/C30H39N3O4/c1-20-7-5-6-10-25(20)32-15-13-31(14-16-32)18-24(37-30(36)21-8-3-2-4-9-21)19-33-28(34)26-22-11-12-23(17-22)27(26)29(33)35/h5-7,10-12,21-24,34-35H,2-4,8-9,13-19H2,1H3. The molecule has 37 heavy (non-hydrogen) atoms. The zero-order chi connectivity index (χ0) is 25.5. The summed E-state index contributed by atoms with van der Waals surface area (Å²) in [6.45, 7) is 6.58. The van der Waals surface area contributed by atoms with Crippen LogP contribution in [0.5, 0.6) is 11.8 Å². The van der Waals surface area contributed by atoms with Gasteiger partial charge in [0.2, 0.25) is 0 Å². The van der Waals surface area contributed by atoms with Crippen molar-refractivity contribution in [3.05, 3.63) is 53.1 Å². The summed E-state index contributed by atoms with van der Waals surface area (Å²) in [5.41, 5.74) is 4.27. The van der Waals surface area contributed by atoms with E-state index in [1.54, 1.807) is 4.57 Å². The number of aryl methyl sites for hydroxylation is 1. The Balaban J connectivity index is 1.17. The molecule has 1 aromatic heterocycles. The third-order valence-electron chi connectivity index (χ3n) is 9.01. The molecule has 0 radical (unpaired) electrons. The summed E-state index contributed by atoms with van der Waals surface area (Å²) in [7, 11) is 0. The minimum absolute atomic E-state index is 0.0361. The van der Waals surface area contributed by atoms with Crippen molar-refractivity contribution in [2.45, 2.75) is 69.9 Å². The Bertz CT molecular complexity index is 1140. The molecule has 1 saturated heterocycles. The van der Waals surface area contributed by atoms with Crippen molar-refractivity contribution in [1.82, 2.24) is 9.47 Å². The molecule has 7 nitrogen and oxygen atoms in total. The number of allylic oxidation sites excluding steroid dienone is 2. The van der Waals surface area contributed by atoms with Gasteiger partial charge in [-0.05, 0) is 37.8 Å². The van der Waals surface area contributed by atoms with Crippen LogP contribution < -0.4 is 4.90 Å². The van der Waals surface area contributed by atoms with Crippen LogP contribution in [0.4, 0.5) is 5.69 Å². The highest BCUT2D eigenvalue weighted by Gasteiger charge is 2.41. The topological polar surface area (TPSA) is 78.2 Å². The Morgan fingerprint density at radius 2 is 1.59 bits per heavy atom. The molecular formula is C30H39N3O4. The average Bonchev–Trinajstić information content (AvgIpc) is 3.60. The zero-order valence-corrected chi connectivity index (χ0v) is 21.8. The van der Waals surface area contributed by atoms with Crippen LogP contribution in [0.1, 0.15) is 67.1 Å². The van der Waals surface area contributed by atoms with Crippen LogP contribution in [-0.4, -0.2) is 64.5 Å². The Morgan fingerprint density at radius 1 is 0.946 bits per heavy atom. The molecule has 2 N–H and O–H groups in total. The van der Waals surface area contributed by atoms with E-state index in [0.29, 0.717) is 6.54 Å².